The van der Waals surface area contributed by atoms with Gasteiger partial charge in [0.25, 0.3) is 0 Å². The van der Waals surface area contributed by atoms with E-state index in [2.05, 4.69) is 31.3 Å². The van der Waals surface area contributed by atoms with Gasteiger partial charge in [0, 0.05) is 5.02 Å². The van der Waals surface area contributed by atoms with E-state index >= 15 is 0 Å². The summed E-state index contributed by atoms with van der Waals surface area (Å²) in [5.74, 6) is -0.266. The van der Waals surface area contributed by atoms with Crippen LogP contribution in [0.5, 0.6) is 0 Å². The normalized spacial score (nSPS) is 12.4. The fraction of sp³-hybridized carbons (Fsp3) is 0.294. The van der Waals surface area contributed by atoms with Gasteiger partial charge >= 0.3 is 0 Å². The van der Waals surface area contributed by atoms with Crippen molar-refractivity contribution in [2.24, 2.45) is 0 Å². The zero-order valence-corrected chi connectivity index (χ0v) is 12.8. The van der Waals surface area contributed by atoms with E-state index in [-0.39, 0.29) is 11.9 Å². The molecule has 2 rings (SSSR count). The fourth-order valence-electron chi connectivity index (χ4n) is 2.41. The van der Waals surface area contributed by atoms with Crippen molar-refractivity contribution in [1.82, 2.24) is 5.32 Å². The number of hydrogen-bond acceptors (Lipinski definition) is 1. The third kappa shape index (κ3) is 3.02. The van der Waals surface area contributed by atoms with Gasteiger partial charge in [-0.3, -0.25) is 0 Å². The summed E-state index contributed by atoms with van der Waals surface area (Å²) < 4.78 is 13.6. The molecular weight excluding hydrogens is 273 g/mol. The summed E-state index contributed by atoms with van der Waals surface area (Å²) in [7, 11) is 0. The molecule has 0 saturated heterocycles. The minimum Gasteiger partial charge on any atom is -0.306 e. The monoisotopic (exact) mass is 291 g/mol. The van der Waals surface area contributed by atoms with Crippen LogP contribution in [-0.2, 0) is 0 Å². The summed E-state index contributed by atoms with van der Waals surface area (Å²) in [5, 5.41) is 3.98. The first kappa shape index (κ1) is 15.0. The Morgan fingerprint density at radius 2 is 1.90 bits per heavy atom. The van der Waals surface area contributed by atoms with Gasteiger partial charge in [0.1, 0.15) is 5.82 Å². The number of halogens is 2. The molecule has 2 aromatic carbocycles. The van der Waals surface area contributed by atoms with Crippen LogP contribution < -0.4 is 5.32 Å². The Morgan fingerprint density at radius 3 is 2.60 bits per heavy atom. The van der Waals surface area contributed by atoms with Crippen molar-refractivity contribution in [2.45, 2.75) is 26.8 Å². The van der Waals surface area contributed by atoms with Gasteiger partial charge in [-0.05, 0) is 60.8 Å². The van der Waals surface area contributed by atoms with Crippen LogP contribution in [0.4, 0.5) is 4.39 Å². The number of benzene rings is 2. The van der Waals surface area contributed by atoms with Crippen molar-refractivity contribution in [1.29, 1.82) is 0 Å². The SMILES string of the molecule is CCNC(c1cc(F)ccc1Cl)c1cccc(C)c1C. The Labute approximate surface area is 124 Å². The maximum Gasteiger partial charge on any atom is 0.123 e. The summed E-state index contributed by atoms with van der Waals surface area (Å²) in [6.07, 6.45) is 0. The minimum absolute atomic E-state index is 0.0944. The lowest BCUT2D eigenvalue weighted by molar-refractivity contribution is 0.601. The number of aryl methyl sites for hydroxylation is 1. The molecule has 1 unspecified atom stereocenters. The lowest BCUT2D eigenvalue weighted by Gasteiger charge is -2.23. The van der Waals surface area contributed by atoms with Crippen LogP contribution in [0.2, 0.25) is 5.02 Å². The van der Waals surface area contributed by atoms with Crippen molar-refractivity contribution in [3.8, 4) is 0 Å². The first-order valence-corrected chi connectivity index (χ1v) is 7.16. The summed E-state index contributed by atoms with van der Waals surface area (Å²) in [6, 6.07) is 10.6. The Hall–Kier alpha value is -1.38. The minimum atomic E-state index is -0.266. The molecule has 0 heterocycles. The molecule has 0 amide bonds. The lowest BCUT2D eigenvalue weighted by atomic mass is 9.92. The van der Waals surface area contributed by atoms with E-state index in [1.54, 1.807) is 6.07 Å². The maximum absolute atomic E-state index is 13.6. The highest BCUT2D eigenvalue weighted by Gasteiger charge is 2.19. The molecule has 0 aliphatic rings. The molecule has 0 aliphatic heterocycles. The quantitative estimate of drug-likeness (QED) is 0.853. The molecule has 20 heavy (non-hydrogen) atoms. The predicted octanol–water partition coefficient (Wildman–Crippen LogP) is 4.79. The predicted molar refractivity (Wildman–Crippen MR) is 82.8 cm³/mol. The van der Waals surface area contributed by atoms with Gasteiger partial charge in [0.15, 0.2) is 0 Å². The van der Waals surface area contributed by atoms with E-state index in [0.717, 1.165) is 17.7 Å². The molecule has 0 aromatic heterocycles. The largest absolute Gasteiger partial charge is 0.306 e. The Kier molecular flexibility index (Phi) is 4.79. The topological polar surface area (TPSA) is 12.0 Å². The molecule has 0 saturated carbocycles. The maximum atomic E-state index is 13.6. The van der Waals surface area contributed by atoms with Crippen LogP contribution in [0.1, 0.15) is 35.2 Å². The van der Waals surface area contributed by atoms with Crippen molar-refractivity contribution >= 4 is 11.6 Å². The van der Waals surface area contributed by atoms with Crippen molar-refractivity contribution in [3.63, 3.8) is 0 Å². The summed E-state index contributed by atoms with van der Waals surface area (Å²) in [5.41, 5.74) is 4.35. The molecule has 1 N–H and O–H groups in total. The Bertz CT molecular complexity index is 608. The summed E-state index contributed by atoms with van der Waals surface area (Å²) in [4.78, 5) is 0. The van der Waals surface area contributed by atoms with Crippen molar-refractivity contribution in [2.75, 3.05) is 6.54 Å². The van der Waals surface area contributed by atoms with Crippen molar-refractivity contribution < 1.29 is 4.39 Å². The number of rotatable bonds is 4. The molecule has 1 atom stereocenters. The van der Waals surface area contributed by atoms with Crippen LogP contribution >= 0.6 is 11.6 Å². The van der Waals surface area contributed by atoms with Crippen LogP contribution in [-0.4, -0.2) is 6.54 Å². The lowest BCUT2D eigenvalue weighted by Crippen LogP contribution is -2.23. The van der Waals surface area contributed by atoms with E-state index in [9.17, 15) is 4.39 Å². The van der Waals surface area contributed by atoms with E-state index in [1.807, 2.05) is 13.0 Å². The third-order valence-electron chi connectivity index (χ3n) is 3.63. The van der Waals surface area contributed by atoms with Crippen LogP contribution in [0.3, 0.4) is 0 Å². The summed E-state index contributed by atoms with van der Waals surface area (Å²) >= 11 is 6.26. The molecule has 0 aliphatic carbocycles. The van der Waals surface area contributed by atoms with E-state index in [0.29, 0.717) is 5.02 Å². The fourth-order valence-corrected chi connectivity index (χ4v) is 2.64. The molecule has 0 spiro atoms. The molecule has 1 nitrogen and oxygen atoms in total. The highest BCUT2D eigenvalue weighted by atomic mass is 35.5. The van der Waals surface area contributed by atoms with Gasteiger partial charge < -0.3 is 5.32 Å². The van der Waals surface area contributed by atoms with Crippen LogP contribution in [0, 0.1) is 19.7 Å². The van der Waals surface area contributed by atoms with Gasteiger partial charge in [-0.2, -0.15) is 0 Å². The molecular formula is C17H19ClFN. The van der Waals surface area contributed by atoms with E-state index < -0.39 is 0 Å². The highest BCUT2D eigenvalue weighted by molar-refractivity contribution is 6.31. The first-order chi connectivity index (χ1) is 9.54. The Morgan fingerprint density at radius 1 is 1.15 bits per heavy atom. The van der Waals surface area contributed by atoms with Gasteiger partial charge in [-0.1, -0.05) is 36.7 Å². The second kappa shape index (κ2) is 6.38. The average molecular weight is 292 g/mol. The summed E-state index contributed by atoms with van der Waals surface area (Å²) in [6.45, 7) is 6.98. The Balaban J connectivity index is 2.56. The molecule has 2 aromatic rings. The molecule has 106 valence electrons. The molecule has 0 bridgehead atoms. The standard InChI is InChI=1S/C17H19ClFN/c1-4-20-17(14-7-5-6-11(2)12(14)3)15-10-13(19)8-9-16(15)18/h5-10,17,20H,4H2,1-3H3. The van der Waals surface area contributed by atoms with Gasteiger partial charge in [0.2, 0.25) is 0 Å². The van der Waals surface area contributed by atoms with Crippen molar-refractivity contribution in [3.05, 3.63) is 69.5 Å². The number of nitrogens with one attached hydrogen (secondary N) is 1. The van der Waals surface area contributed by atoms with Gasteiger partial charge in [-0.15, -0.1) is 0 Å². The van der Waals surface area contributed by atoms with E-state index in [1.165, 1.54) is 23.3 Å². The first-order valence-electron chi connectivity index (χ1n) is 6.79. The highest BCUT2D eigenvalue weighted by Crippen LogP contribution is 2.31. The molecule has 0 radical (unpaired) electrons. The third-order valence-corrected chi connectivity index (χ3v) is 3.98. The second-order valence-corrected chi connectivity index (χ2v) is 5.35. The smallest absolute Gasteiger partial charge is 0.123 e. The number of hydrogen-bond donors (Lipinski definition) is 1. The average Bonchev–Trinajstić information content (AvgIpc) is 2.43. The molecule has 3 heteroatoms. The van der Waals surface area contributed by atoms with Gasteiger partial charge in [0.05, 0.1) is 6.04 Å². The molecule has 0 fully saturated rings. The zero-order chi connectivity index (χ0) is 14.7. The van der Waals surface area contributed by atoms with Crippen LogP contribution in [0.15, 0.2) is 36.4 Å². The van der Waals surface area contributed by atoms with Crippen LogP contribution in [0.25, 0.3) is 0 Å². The van der Waals surface area contributed by atoms with E-state index in [4.69, 9.17) is 11.6 Å². The zero-order valence-electron chi connectivity index (χ0n) is 12.0. The second-order valence-electron chi connectivity index (χ2n) is 4.95. The van der Waals surface area contributed by atoms with Gasteiger partial charge in [-0.25, -0.2) is 4.39 Å².